The van der Waals surface area contributed by atoms with Crippen LogP contribution in [-0.4, -0.2) is 21.8 Å². The molecule has 142 valence electrons. The third kappa shape index (κ3) is 3.10. The van der Waals surface area contributed by atoms with Gasteiger partial charge in [-0.05, 0) is 56.7 Å². The Kier molecular flexibility index (Phi) is 4.73. The second kappa shape index (κ2) is 7.20. The molecule has 0 bridgehead atoms. The zero-order valence-corrected chi connectivity index (χ0v) is 16.8. The first-order valence-corrected chi connectivity index (χ1v) is 9.93. The predicted molar refractivity (Wildman–Crippen MR) is 112 cm³/mol. The average molecular weight is 393 g/mol. The number of hydrogen-bond donors (Lipinski definition) is 0. The average Bonchev–Trinajstić information content (AvgIpc) is 3.24. The first-order valence-electron chi connectivity index (χ1n) is 9.11. The Labute approximate surface area is 166 Å². The van der Waals surface area contributed by atoms with E-state index < -0.39 is 0 Å². The Morgan fingerprint density at radius 1 is 1.14 bits per heavy atom. The highest BCUT2D eigenvalue weighted by atomic mass is 32.1. The number of rotatable bonds is 4. The van der Waals surface area contributed by atoms with Crippen molar-refractivity contribution in [1.29, 1.82) is 0 Å². The summed E-state index contributed by atoms with van der Waals surface area (Å²) in [4.78, 5) is 21.1. The number of para-hydroxylation sites is 1. The summed E-state index contributed by atoms with van der Waals surface area (Å²) >= 11 is 1.38. The number of hydrogen-bond acceptors (Lipinski definition) is 3. The molecule has 0 saturated carbocycles. The minimum atomic E-state index is -0.273. The van der Waals surface area contributed by atoms with Gasteiger partial charge in [-0.3, -0.25) is 9.20 Å². The topological polar surface area (TPSA) is 37.6 Å². The standard InChI is InChI=1S/C22H20FN3OS/c1-4-25(19-8-6-5-7-14(19)2)21(27)20-15(3)26-13-18(24-22(26)28-20)16-9-11-17(23)12-10-16/h5-13H,4H2,1-3H3. The first-order chi connectivity index (χ1) is 13.5. The molecule has 2 aromatic heterocycles. The molecule has 0 aliphatic heterocycles. The van der Waals surface area contributed by atoms with Crippen LogP contribution in [0.4, 0.5) is 10.1 Å². The molecule has 2 heterocycles. The van der Waals surface area contributed by atoms with E-state index in [1.54, 1.807) is 17.0 Å². The summed E-state index contributed by atoms with van der Waals surface area (Å²) in [5, 5.41) is 0. The minimum absolute atomic E-state index is 0.0202. The van der Waals surface area contributed by atoms with Crippen LogP contribution in [0.3, 0.4) is 0 Å². The fourth-order valence-corrected chi connectivity index (χ4v) is 4.38. The maximum atomic E-state index is 13.3. The highest BCUT2D eigenvalue weighted by Gasteiger charge is 2.24. The number of carbonyl (C=O) groups excluding carboxylic acids is 1. The molecular formula is C22H20FN3OS. The summed E-state index contributed by atoms with van der Waals surface area (Å²) in [6.45, 7) is 6.50. The van der Waals surface area contributed by atoms with E-state index >= 15 is 0 Å². The number of nitrogens with zero attached hydrogens (tertiary/aromatic N) is 3. The van der Waals surface area contributed by atoms with E-state index in [9.17, 15) is 9.18 Å². The maximum absolute atomic E-state index is 13.3. The molecule has 2 aromatic carbocycles. The van der Waals surface area contributed by atoms with E-state index in [1.165, 1.54) is 23.5 Å². The third-order valence-corrected chi connectivity index (χ3v) is 6.00. The van der Waals surface area contributed by atoms with Crippen molar-refractivity contribution in [2.24, 2.45) is 0 Å². The molecule has 0 atom stereocenters. The minimum Gasteiger partial charge on any atom is -0.308 e. The molecule has 6 heteroatoms. The van der Waals surface area contributed by atoms with E-state index in [-0.39, 0.29) is 11.7 Å². The molecule has 1 amide bonds. The van der Waals surface area contributed by atoms with Gasteiger partial charge in [-0.25, -0.2) is 9.37 Å². The molecular weight excluding hydrogens is 373 g/mol. The second-order valence-corrected chi connectivity index (χ2v) is 7.62. The molecule has 0 spiro atoms. The van der Waals surface area contributed by atoms with Crippen molar-refractivity contribution in [3.05, 3.63) is 76.7 Å². The van der Waals surface area contributed by atoms with Crippen LogP contribution in [0.1, 0.15) is 27.9 Å². The molecule has 28 heavy (non-hydrogen) atoms. The van der Waals surface area contributed by atoms with Crippen molar-refractivity contribution < 1.29 is 9.18 Å². The number of amides is 1. The fraction of sp³-hybridized carbons (Fsp3) is 0.182. The van der Waals surface area contributed by atoms with Crippen molar-refractivity contribution in [3.63, 3.8) is 0 Å². The van der Waals surface area contributed by atoms with Crippen LogP contribution in [0.25, 0.3) is 16.2 Å². The maximum Gasteiger partial charge on any atom is 0.270 e. The number of anilines is 1. The zero-order chi connectivity index (χ0) is 19.8. The van der Waals surface area contributed by atoms with Crippen molar-refractivity contribution in [3.8, 4) is 11.3 Å². The number of imidazole rings is 1. The normalized spacial score (nSPS) is 11.1. The smallest absolute Gasteiger partial charge is 0.270 e. The Morgan fingerprint density at radius 3 is 2.50 bits per heavy atom. The summed E-state index contributed by atoms with van der Waals surface area (Å²) in [5.41, 5.74) is 4.46. The fourth-order valence-electron chi connectivity index (χ4n) is 3.32. The van der Waals surface area contributed by atoms with Gasteiger partial charge in [0.15, 0.2) is 4.96 Å². The van der Waals surface area contributed by atoms with E-state index in [0.717, 1.165) is 33.2 Å². The number of aromatic nitrogens is 2. The lowest BCUT2D eigenvalue weighted by Gasteiger charge is -2.22. The molecule has 4 rings (SSSR count). The van der Waals surface area contributed by atoms with Crippen molar-refractivity contribution in [2.75, 3.05) is 11.4 Å². The van der Waals surface area contributed by atoms with Crippen LogP contribution < -0.4 is 4.90 Å². The summed E-state index contributed by atoms with van der Waals surface area (Å²) in [6, 6.07) is 14.2. The molecule has 0 aliphatic rings. The molecule has 4 aromatic rings. The lowest BCUT2D eigenvalue weighted by molar-refractivity contribution is 0.0991. The van der Waals surface area contributed by atoms with E-state index in [0.29, 0.717) is 11.4 Å². The quantitative estimate of drug-likeness (QED) is 0.460. The van der Waals surface area contributed by atoms with Gasteiger partial charge in [-0.15, -0.1) is 0 Å². The van der Waals surface area contributed by atoms with E-state index in [1.807, 2.05) is 55.6 Å². The molecule has 0 unspecified atom stereocenters. The lowest BCUT2D eigenvalue weighted by atomic mass is 10.1. The van der Waals surface area contributed by atoms with Gasteiger partial charge in [0, 0.05) is 29.7 Å². The van der Waals surface area contributed by atoms with Crippen LogP contribution in [0.2, 0.25) is 0 Å². The van der Waals surface area contributed by atoms with Crippen molar-refractivity contribution in [1.82, 2.24) is 9.38 Å². The molecule has 4 nitrogen and oxygen atoms in total. The predicted octanol–water partition coefficient (Wildman–Crippen LogP) is 5.49. The highest BCUT2D eigenvalue weighted by molar-refractivity contribution is 7.19. The van der Waals surface area contributed by atoms with Crippen LogP contribution in [0.5, 0.6) is 0 Å². The molecule has 0 saturated heterocycles. The number of benzene rings is 2. The molecule has 0 N–H and O–H groups in total. The Hall–Kier alpha value is -2.99. The number of aryl methyl sites for hydroxylation is 2. The molecule has 0 fully saturated rings. The van der Waals surface area contributed by atoms with Gasteiger partial charge in [0.05, 0.1) is 5.69 Å². The number of fused-ring (bicyclic) bond motifs is 1. The van der Waals surface area contributed by atoms with Crippen molar-refractivity contribution >= 4 is 27.9 Å². The van der Waals surface area contributed by atoms with Gasteiger partial charge in [0.25, 0.3) is 5.91 Å². The number of thiazole rings is 1. The number of halogens is 1. The Morgan fingerprint density at radius 2 is 1.86 bits per heavy atom. The lowest BCUT2D eigenvalue weighted by Crippen LogP contribution is -2.31. The van der Waals surface area contributed by atoms with Gasteiger partial charge in [-0.2, -0.15) is 0 Å². The van der Waals surface area contributed by atoms with Crippen LogP contribution >= 0.6 is 11.3 Å². The summed E-state index contributed by atoms with van der Waals surface area (Å²) < 4.78 is 15.1. The third-order valence-electron chi connectivity index (χ3n) is 4.86. The zero-order valence-electron chi connectivity index (χ0n) is 15.9. The number of carbonyl (C=O) groups is 1. The summed E-state index contributed by atoms with van der Waals surface area (Å²) in [5.74, 6) is -0.294. The second-order valence-electron chi connectivity index (χ2n) is 6.64. The van der Waals surface area contributed by atoms with Crippen LogP contribution in [-0.2, 0) is 0 Å². The summed E-state index contributed by atoms with van der Waals surface area (Å²) in [6.07, 6.45) is 1.90. The highest BCUT2D eigenvalue weighted by Crippen LogP contribution is 2.30. The monoisotopic (exact) mass is 393 g/mol. The molecule has 0 aliphatic carbocycles. The summed E-state index contributed by atoms with van der Waals surface area (Å²) in [7, 11) is 0. The molecule has 0 radical (unpaired) electrons. The van der Waals surface area contributed by atoms with Gasteiger partial charge < -0.3 is 4.90 Å². The largest absolute Gasteiger partial charge is 0.308 e. The van der Waals surface area contributed by atoms with Crippen LogP contribution in [0, 0.1) is 19.7 Å². The first kappa shape index (κ1) is 18.4. The van der Waals surface area contributed by atoms with Gasteiger partial charge in [0.1, 0.15) is 10.7 Å². The SMILES string of the molecule is CCN(C(=O)c1sc2nc(-c3ccc(F)cc3)cn2c1C)c1ccccc1C. The van der Waals surface area contributed by atoms with Crippen LogP contribution in [0.15, 0.2) is 54.7 Å². The Bertz CT molecular complexity index is 1160. The van der Waals surface area contributed by atoms with Gasteiger partial charge in [-0.1, -0.05) is 29.5 Å². The van der Waals surface area contributed by atoms with Gasteiger partial charge >= 0.3 is 0 Å². The van der Waals surface area contributed by atoms with E-state index in [4.69, 9.17) is 0 Å². The Balaban J connectivity index is 1.72. The van der Waals surface area contributed by atoms with Gasteiger partial charge in [0.2, 0.25) is 0 Å². The van der Waals surface area contributed by atoms with Crippen molar-refractivity contribution in [2.45, 2.75) is 20.8 Å². The van der Waals surface area contributed by atoms with E-state index in [2.05, 4.69) is 4.98 Å².